The number of hydrogen-bond donors (Lipinski definition) is 0. The standard InChI is InChI=1S/C4H11Si.K/c1-4-5(2)3;/h4H2,1-3H3;/q-1;+1. The molecule has 0 bridgehead atoms. The molecule has 0 rings (SSSR count). The molecule has 0 atom stereocenters. The predicted molar refractivity (Wildman–Crippen MR) is 28.0 cm³/mol. The van der Waals surface area contributed by atoms with Gasteiger partial charge in [-0.2, -0.15) is 19.1 Å². The third kappa shape index (κ3) is 9.29. The second kappa shape index (κ2) is 6.85. The largest absolute Gasteiger partial charge is 1.00 e. The van der Waals surface area contributed by atoms with Crippen LogP contribution in [0.4, 0.5) is 0 Å². The van der Waals surface area contributed by atoms with Gasteiger partial charge < -0.3 is 0 Å². The predicted octanol–water partition coefficient (Wildman–Crippen LogP) is -1.24. The van der Waals surface area contributed by atoms with E-state index < -0.39 is 0 Å². The van der Waals surface area contributed by atoms with Gasteiger partial charge in [-0.1, -0.05) is 6.92 Å². The fourth-order valence-electron chi connectivity index (χ4n) is 0. The minimum absolute atomic E-state index is 0. The van der Waals surface area contributed by atoms with Crippen molar-refractivity contribution in [2.24, 2.45) is 0 Å². The van der Waals surface area contributed by atoms with E-state index in [4.69, 9.17) is 0 Å². The van der Waals surface area contributed by atoms with Gasteiger partial charge in [0.2, 0.25) is 0 Å². The molecule has 0 aliphatic heterocycles. The van der Waals surface area contributed by atoms with Crippen LogP contribution >= 0.6 is 0 Å². The summed E-state index contributed by atoms with van der Waals surface area (Å²) in [6.45, 7) is 6.89. The summed E-state index contributed by atoms with van der Waals surface area (Å²) in [5, 5.41) is 0. The van der Waals surface area contributed by atoms with E-state index in [-0.39, 0.29) is 60.2 Å². The molecule has 0 fully saturated rings. The Bertz CT molecular complexity index is 21.5. The van der Waals surface area contributed by atoms with E-state index in [9.17, 15) is 0 Å². The van der Waals surface area contributed by atoms with Gasteiger partial charge >= 0.3 is 51.4 Å². The second-order valence-corrected chi connectivity index (χ2v) is 4.68. The maximum atomic E-state index is 2.32. The van der Waals surface area contributed by atoms with Crippen LogP contribution in [0.2, 0.25) is 19.1 Å². The first kappa shape index (κ1) is 10.8. The van der Waals surface area contributed by atoms with Crippen molar-refractivity contribution in [2.45, 2.75) is 26.1 Å². The fraction of sp³-hybridized carbons (Fsp3) is 1.00. The summed E-state index contributed by atoms with van der Waals surface area (Å²) < 4.78 is 0. The van der Waals surface area contributed by atoms with Crippen molar-refractivity contribution < 1.29 is 51.4 Å². The molecule has 0 aliphatic carbocycles. The van der Waals surface area contributed by atoms with E-state index in [1.54, 1.807) is 0 Å². The normalized spacial score (nSPS) is 8.00. The molecule has 0 nitrogen and oxygen atoms in total. The van der Waals surface area contributed by atoms with Crippen LogP contribution in [0.3, 0.4) is 0 Å². The monoisotopic (exact) mass is 126 g/mol. The van der Waals surface area contributed by atoms with Gasteiger partial charge in [-0.3, -0.25) is 8.80 Å². The minimum atomic E-state index is 0. The fourth-order valence-corrected chi connectivity index (χ4v) is 0. The molecule has 0 radical (unpaired) electrons. The van der Waals surface area contributed by atoms with Crippen molar-refractivity contribution in [1.82, 2.24) is 0 Å². The molecule has 0 aliphatic rings. The van der Waals surface area contributed by atoms with E-state index in [0.29, 0.717) is 0 Å². The van der Waals surface area contributed by atoms with E-state index >= 15 is 0 Å². The third-order valence-electron chi connectivity index (χ3n) is 0.707. The van der Waals surface area contributed by atoms with Gasteiger partial charge in [0.05, 0.1) is 0 Å². The van der Waals surface area contributed by atoms with E-state index in [1.807, 2.05) is 0 Å². The average Bonchev–Trinajstić information content (AvgIpc) is 1.38. The number of hydrogen-bond acceptors (Lipinski definition) is 0. The molecular weight excluding hydrogens is 115 g/mol. The van der Waals surface area contributed by atoms with Crippen LogP contribution in [-0.4, -0.2) is 8.80 Å². The molecule has 0 saturated heterocycles. The first-order valence-electron chi connectivity index (χ1n) is 2.06. The zero-order valence-corrected chi connectivity index (χ0v) is 9.33. The molecule has 0 heterocycles. The van der Waals surface area contributed by atoms with Crippen LogP contribution in [-0.2, 0) is 0 Å². The maximum absolute atomic E-state index is 2.32. The van der Waals surface area contributed by atoms with Gasteiger partial charge in [-0.05, 0) is 0 Å². The molecule has 0 spiro atoms. The molecular formula is C4H11KSi. The molecule has 6 heavy (non-hydrogen) atoms. The zero-order valence-electron chi connectivity index (χ0n) is 5.21. The minimum Gasteiger partial charge on any atom is -0.268 e. The first-order valence-corrected chi connectivity index (χ1v) is 4.77. The summed E-state index contributed by atoms with van der Waals surface area (Å²) in [5.41, 5.74) is 0. The van der Waals surface area contributed by atoms with Gasteiger partial charge in [0, 0.05) is 0 Å². The van der Waals surface area contributed by atoms with Gasteiger partial charge in [-0.25, -0.2) is 0 Å². The van der Waals surface area contributed by atoms with Gasteiger partial charge in [0.25, 0.3) is 0 Å². The Labute approximate surface area is 84.7 Å². The Morgan fingerprint density at radius 2 is 1.50 bits per heavy atom. The summed E-state index contributed by atoms with van der Waals surface area (Å²) in [6.07, 6.45) is 0. The molecule has 0 unspecified atom stereocenters. The molecule has 0 saturated carbocycles. The van der Waals surface area contributed by atoms with Crippen molar-refractivity contribution in [3.63, 3.8) is 0 Å². The molecule has 0 aromatic heterocycles. The topological polar surface area (TPSA) is 0 Å². The molecule has 0 aromatic carbocycles. The Morgan fingerprint density at radius 1 is 1.33 bits per heavy atom. The van der Waals surface area contributed by atoms with Crippen molar-refractivity contribution >= 4 is 8.80 Å². The Hall–Kier alpha value is 1.85. The molecule has 0 aromatic rings. The SMILES string of the molecule is CC[Si-](C)C.[K+]. The summed E-state index contributed by atoms with van der Waals surface area (Å²) >= 11 is 0. The third-order valence-corrected chi connectivity index (χ3v) is 2.12. The van der Waals surface area contributed by atoms with Gasteiger partial charge in [0.15, 0.2) is 0 Å². The summed E-state index contributed by atoms with van der Waals surface area (Å²) in [5.74, 6) is 0. The zero-order chi connectivity index (χ0) is 4.28. The maximum Gasteiger partial charge on any atom is 1.00 e. The molecule has 0 amide bonds. The summed E-state index contributed by atoms with van der Waals surface area (Å²) in [7, 11) is 0.126. The van der Waals surface area contributed by atoms with Gasteiger partial charge in [0.1, 0.15) is 0 Å². The van der Waals surface area contributed by atoms with Crippen LogP contribution < -0.4 is 51.4 Å². The number of rotatable bonds is 1. The van der Waals surface area contributed by atoms with Crippen molar-refractivity contribution in [1.29, 1.82) is 0 Å². The second-order valence-electron chi connectivity index (χ2n) is 1.56. The van der Waals surface area contributed by atoms with E-state index in [1.165, 1.54) is 6.04 Å². The Balaban J connectivity index is 0. The summed E-state index contributed by atoms with van der Waals surface area (Å²) in [4.78, 5) is 0. The molecule has 0 N–H and O–H groups in total. The van der Waals surface area contributed by atoms with Crippen LogP contribution in [0.1, 0.15) is 6.92 Å². The van der Waals surface area contributed by atoms with Crippen LogP contribution in [0.15, 0.2) is 0 Å². The summed E-state index contributed by atoms with van der Waals surface area (Å²) in [6, 6.07) is 1.41. The van der Waals surface area contributed by atoms with Crippen LogP contribution in [0, 0.1) is 0 Å². The molecule has 2 heteroatoms. The smallest absolute Gasteiger partial charge is 0.268 e. The van der Waals surface area contributed by atoms with Crippen LogP contribution in [0.25, 0.3) is 0 Å². The van der Waals surface area contributed by atoms with Gasteiger partial charge in [-0.15, -0.1) is 0 Å². The van der Waals surface area contributed by atoms with Crippen molar-refractivity contribution in [2.75, 3.05) is 0 Å². The average molecular weight is 126 g/mol. The van der Waals surface area contributed by atoms with Crippen LogP contribution in [0.5, 0.6) is 0 Å². The van der Waals surface area contributed by atoms with Crippen molar-refractivity contribution in [3.8, 4) is 0 Å². The quantitative estimate of drug-likeness (QED) is 0.386. The van der Waals surface area contributed by atoms with E-state index in [2.05, 4.69) is 20.0 Å². The van der Waals surface area contributed by atoms with E-state index in [0.717, 1.165) is 0 Å². The molecule has 32 valence electrons. The first-order chi connectivity index (χ1) is 2.27. The van der Waals surface area contributed by atoms with Crippen molar-refractivity contribution in [3.05, 3.63) is 0 Å². The Kier molecular flexibility index (Phi) is 12.3. The Morgan fingerprint density at radius 3 is 1.50 bits per heavy atom.